The molecule has 4 rings (SSSR count). The molecule has 0 bridgehead atoms. The van der Waals surface area contributed by atoms with Crippen molar-refractivity contribution < 1.29 is 9.53 Å². The summed E-state index contributed by atoms with van der Waals surface area (Å²) in [6, 6.07) is 9.03. The van der Waals surface area contributed by atoms with Crippen LogP contribution < -0.4 is 10.3 Å². The summed E-state index contributed by atoms with van der Waals surface area (Å²) in [5.41, 5.74) is 2.93. The van der Waals surface area contributed by atoms with Crippen molar-refractivity contribution in [2.45, 2.75) is 45.1 Å². The number of rotatable bonds is 4. The summed E-state index contributed by atoms with van der Waals surface area (Å²) in [5.74, 6) is 1.19. The van der Waals surface area contributed by atoms with Crippen LogP contribution in [0.4, 0.5) is 0 Å². The number of ether oxygens (including phenoxy) is 1. The second-order valence-corrected chi connectivity index (χ2v) is 7.81. The summed E-state index contributed by atoms with van der Waals surface area (Å²) >= 11 is 0. The van der Waals surface area contributed by atoms with Gasteiger partial charge in [0, 0.05) is 31.3 Å². The monoisotopic (exact) mass is 381 g/mol. The second-order valence-electron chi connectivity index (χ2n) is 7.81. The van der Waals surface area contributed by atoms with Crippen molar-refractivity contribution in [1.29, 1.82) is 0 Å². The summed E-state index contributed by atoms with van der Waals surface area (Å²) in [7, 11) is 1.62. The Kier molecular flexibility index (Phi) is 5.46. The molecule has 2 aromatic rings. The molecule has 148 valence electrons. The summed E-state index contributed by atoms with van der Waals surface area (Å²) in [4.78, 5) is 27.0. The number of likely N-dealkylation sites (tertiary alicyclic amines) is 1. The van der Waals surface area contributed by atoms with Crippen molar-refractivity contribution in [1.82, 2.24) is 14.7 Å². The fourth-order valence-electron chi connectivity index (χ4n) is 4.21. The van der Waals surface area contributed by atoms with E-state index in [0.29, 0.717) is 18.0 Å². The third kappa shape index (κ3) is 3.96. The van der Waals surface area contributed by atoms with Crippen LogP contribution in [0.3, 0.4) is 0 Å². The first-order valence-corrected chi connectivity index (χ1v) is 10.2. The minimum absolute atomic E-state index is 0.0115. The van der Waals surface area contributed by atoms with E-state index in [4.69, 9.17) is 4.74 Å². The van der Waals surface area contributed by atoms with Gasteiger partial charge in [-0.3, -0.25) is 9.59 Å². The Morgan fingerprint density at radius 1 is 1.14 bits per heavy atom. The van der Waals surface area contributed by atoms with Gasteiger partial charge in [-0.25, -0.2) is 4.68 Å². The molecule has 1 aromatic carbocycles. The molecule has 0 atom stereocenters. The zero-order chi connectivity index (χ0) is 19.5. The van der Waals surface area contributed by atoms with Crippen LogP contribution in [-0.4, -0.2) is 40.8 Å². The number of fused-ring (bicyclic) bond motifs is 1. The Hall–Kier alpha value is -2.63. The Balaban J connectivity index is 1.36. The predicted molar refractivity (Wildman–Crippen MR) is 107 cm³/mol. The molecule has 28 heavy (non-hydrogen) atoms. The Morgan fingerprint density at radius 2 is 1.86 bits per heavy atom. The highest BCUT2D eigenvalue weighted by atomic mass is 16.5. The van der Waals surface area contributed by atoms with Crippen molar-refractivity contribution in [3.05, 3.63) is 57.5 Å². The van der Waals surface area contributed by atoms with E-state index in [1.54, 1.807) is 17.9 Å². The van der Waals surface area contributed by atoms with Crippen LogP contribution in [0.2, 0.25) is 0 Å². The Morgan fingerprint density at radius 3 is 2.57 bits per heavy atom. The molecule has 6 heteroatoms. The smallest absolute Gasteiger partial charge is 0.267 e. The number of hydrogen-bond donors (Lipinski definition) is 0. The third-order valence-electron chi connectivity index (χ3n) is 5.94. The lowest BCUT2D eigenvalue weighted by Crippen LogP contribution is -2.40. The molecule has 0 radical (unpaired) electrons. The average Bonchev–Trinajstić information content (AvgIpc) is 2.74. The molecule has 1 amide bonds. The maximum absolute atomic E-state index is 12.7. The van der Waals surface area contributed by atoms with Crippen LogP contribution in [-0.2, 0) is 19.4 Å². The summed E-state index contributed by atoms with van der Waals surface area (Å²) in [5, 5.41) is 4.64. The number of methoxy groups -OCH3 is 1. The lowest BCUT2D eigenvalue weighted by molar-refractivity contribution is 0.0680. The van der Waals surface area contributed by atoms with E-state index in [2.05, 4.69) is 5.10 Å². The SMILES string of the molecule is COc1ccc(C(=O)N2CCC(Cn3nc4c(cc3=O)CCCC4)CC2)cc1. The van der Waals surface area contributed by atoms with Crippen LogP contribution in [0.1, 0.15) is 47.3 Å². The van der Waals surface area contributed by atoms with Gasteiger partial charge in [0.1, 0.15) is 5.75 Å². The molecule has 1 saturated heterocycles. The normalized spacial score (nSPS) is 17.2. The topological polar surface area (TPSA) is 64.4 Å². The molecule has 1 aromatic heterocycles. The summed E-state index contributed by atoms with van der Waals surface area (Å²) < 4.78 is 6.80. The summed E-state index contributed by atoms with van der Waals surface area (Å²) in [6.45, 7) is 2.08. The van der Waals surface area contributed by atoms with Gasteiger partial charge in [-0.15, -0.1) is 0 Å². The number of benzene rings is 1. The van der Waals surface area contributed by atoms with Gasteiger partial charge in [0.05, 0.1) is 12.8 Å². The third-order valence-corrected chi connectivity index (χ3v) is 5.94. The van der Waals surface area contributed by atoms with Gasteiger partial charge in [0.2, 0.25) is 0 Å². The maximum Gasteiger partial charge on any atom is 0.267 e. The first-order valence-electron chi connectivity index (χ1n) is 10.2. The van der Waals surface area contributed by atoms with E-state index in [0.717, 1.165) is 68.6 Å². The molecule has 0 N–H and O–H groups in total. The number of nitrogens with zero attached hydrogens (tertiary/aromatic N) is 3. The number of aromatic nitrogens is 2. The molecule has 1 aliphatic carbocycles. The van der Waals surface area contributed by atoms with Crippen LogP contribution in [0.25, 0.3) is 0 Å². The van der Waals surface area contributed by atoms with Gasteiger partial charge >= 0.3 is 0 Å². The zero-order valence-electron chi connectivity index (χ0n) is 16.4. The fourth-order valence-corrected chi connectivity index (χ4v) is 4.21. The number of piperidine rings is 1. The van der Waals surface area contributed by atoms with Crippen LogP contribution in [0.15, 0.2) is 35.1 Å². The zero-order valence-corrected chi connectivity index (χ0v) is 16.4. The van der Waals surface area contributed by atoms with Gasteiger partial charge in [-0.2, -0.15) is 5.10 Å². The second kappa shape index (κ2) is 8.17. The standard InChI is InChI=1S/C22H27N3O3/c1-28-19-8-6-17(7-9-19)22(27)24-12-10-16(11-13-24)15-25-21(26)14-18-4-2-3-5-20(18)23-25/h6-9,14,16H,2-5,10-13,15H2,1H3. The number of carbonyl (C=O) groups excluding carboxylic acids is 1. The van der Waals surface area contributed by atoms with E-state index in [9.17, 15) is 9.59 Å². The highest BCUT2D eigenvalue weighted by Gasteiger charge is 2.25. The molecular weight excluding hydrogens is 354 g/mol. The lowest BCUT2D eigenvalue weighted by atomic mass is 9.95. The minimum atomic E-state index is 0.0115. The largest absolute Gasteiger partial charge is 0.497 e. The van der Waals surface area contributed by atoms with Gasteiger partial charge in [0.15, 0.2) is 0 Å². The Labute approximate surface area is 165 Å². The van der Waals surface area contributed by atoms with Gasteiger partial charge in [-0.1, -0.05) is 0 Å². The van der Waals surface area contributed by atoms with Crippen molar-refractivity contribution in [3.63, 3.8) is 0 Å². The Bertz CT molecular complexity index is 896. The van der Waals surface area contributed by atoms with E-state index < -0.39 is 0 Å². The van der Waals surface area contributed by atoms with Gasteiger partial charge < -0.3 is 9.64 Å². The van der Waals surface area contributed by atoms with Crippen LogP contribution >= 0.6 is 0 Å². The average molecular weight is 381 g/mol. The molecule has 2 aliphatic rings. The van der Waals surface area contributed by atoms with Crippen molar-refractivity contribution >= 4 is 5.91 Å². The van der Waals surface area contributed by atoms with E-state index in [1.165, 1.54) is 0 Å². The van der Waals surface area contributed by atoms with E-state index in [1.807, 2.05) is 29.2 Å². The number of hydrogen-bond acceptors (Lipinski definition) is 4. The fraction of sp³-hybridized carbons (Fsp3) is 0.500. The van der Waals surface area contributed by atoms with Gasteiger partial charge in [-0.05, 0) is 74.3 Å². The maximum atomic E-state index is 12.7. The van der Waals surface area contributed by atoms with Crippen molar-refractivity contribution in [3.8, 4) is 5.75 Å². The molecule has 1 aliphatic heterocycles. The predicted octanol–water partition coefficient (Wildman–Crippen LogP) is 2.68. The highest BCUT2D eigenvalue weighted by molar-refractivity contribution is 5.94. The molecule has 2 heterocycles. The van der Waals surface area contributed by atoms with Crippen molar-refractivity contribution in [2.24, 2.45) is 5.92 Å². The van der Waals surface area contributed by atoms with E-state index >= 15 is 0 Å². The number of amides is 1. The van der Waals surface area contributed by atoms with Gasteiger partial charge in [0.25, 0.3) is 11.5 Å². The molecule has 0 saturated carbocycles. The highest BCUT2D eigenvalue weighted by Crippen LogP contribution is 2.22. The number of carbonyl (C=O) groups is 1. The molecular formula is C22H27N3O3. The quantitative estimate of drug-likeness (QED) is 0.817. The summed E-state index contributed by atoms with van der Waals surface area (Å²) in [6.07, 6.45) is 6.05. The van der Waals surface area contributed by atoms with E-state index in [-0.39, 0.29) is 11.5 Å². The van der Waals surface area contributed by atoms with Crippen LogP contribution in [0.5, 0.6) is 5.75 Å². The van der Waals surface area contributed by atoms with Crippen LogP contribution in [0, 0.1) is 5.92 Å². The van der Waals surface area contributed by atoms with Crippen molar-refractivity contribution in [2.75, 3.05) is 20.2 Å². The minimum Gasteiger partial charge on any atom is -0.497 e. The number of aryl methyl sites for hydroxylation is 2. The first-order chi connectivity index (χ1) is 13.6. The molecule has 0 spiro atoms. The molecule has 1 fully saturated rings. The lowest BCUT2D eigenvalue weighted by Gasteiger charge is -2.32. The first kappa shape index (κ1) is 18.7. The molecule has 6 nitrogen and oxygen atoms in total. The molecule has 0 unspecified atom stereocenters.